The van der Waals surface area contributed by atoms with Crippen molar-refractivity contribution in [3.05, 3.63) is 60.7 Å². The summed E-state index contributed by atoms with van der Waals surface area (Å²) in [5.41, 5.74) is 2.62. The maximum absolute atomic E-state index is 13.1. The summed E-state index contributed by atoms with van der Waals surface area (Å²) in [4.78, 5) is 19.6. The Morgan fingerprint density at radius 3 is 2.22 bits per heavy atom. The van der Waals surface area contributed by atoms with Gasteiger partial charge in [0.1, 0.15) is 5.69 Å². The van der Waals surface area contributed by atoms with Crippen LogP contribution in [0.3, 0.4) is 0 Å². The molecule has 6 nitrogen and oxygen atoms in total. The van der Waals surface area contributed by atoms with Crippen LogP contribution in [0.1, 0.15) is 19.3 Å². The third-order valence-electron chi connectivity index (χ3n) is 5.84. The monoisotopic (exact) mass is 468 g/mol. The summed E-state index contributed by atoms with van der Waals surface area (Å²) in [5.74, 6) is 1.06. The smallest absolute Gasteiger partial charge is 0.257 e. The zero-order valence-corrected chi connectivity index (χ0v) is 19.1. The number of benzene rings is 2. The maximum Gasteiger partial charge on any atom is 0.257 e. The Balaban J connectivity index is 1.36. The molecule has 1 saturated heterocycles. The van der Waals surface area contributed by atoms with Gasteiger partial charge in [-0.1, -0.05) is 72.4 Å². The summed E-state index contributed by atoms with van der Waals surface area (Å²) in [6, 6.07) is 19.6. The zero-order valence-electron chi connectivity index (χ0n) is 17.5. The van der Waals surface area contributed by atoms with Crippen LogP contribution in [0.5, 0.6) is 0 Å². The lowest BCUT2D eigenvalue weighted by Gasteiger charge is -2.28. The molecule has 1 saturated carbocycles. The van der Waals surface area contributed by atoms with Crippen molar-refractivity contribution in [2.75, 3.05) is 17.3 Å². The first-order valence-corrected chi connectivity index (χ1v) is 13.6. The molecule has 0 N–H and O–H groups in total. The molecule has 166 valence electrons. The number of sulfone groups is 1. The van der Waals surface area contributed by atoms with Gasteiger partial charge < -0.3 is 9.32 Å². The molecule has 1 unspecified atom stereocenters. The highest BCUT2D eigenvalue weighted by atomic mass is 32.2. The molecule has 0 spiro atoms. The van der Waals surface area contributed by atoms with Gasteiger partial charge in [-0.25, -0.2) is 13.4 Å². The van der Waals surface area contributed by atoms with Crippen molar-refractivity contribution in [1.29, 1.82) is 0 Å². The van der Waals surface area contributed by atoms with Gasteiger partial charge >= 0.3 is 0 Å². The number of amides is 1. The molecular weight excluding hydrogens is 444 g/mol. The van der Waals surface area contributed by atoms with E-state index in [4.69, 9.17) is 9.40 Å². The third kappa shape index (κ3) is 4.61. The lowest BCUT2D eigenvalue weighted by atomic mass is 10.1. The summed E-state index contributed by atoms with van der Waals surface area (Å²) in [6.45, 7) is 0. The van der Waals surface area contributed by atoms with E-state index < -0.39 is 9.84 Å². The van der Waals surface area contributed by atoms with E-state index in [9.17, 15) is 13.2 Å². The van der Waals surface area contributed by atoms with E-state index >= 15 is 0 Å². The van der Waals surface area contributed by atoms with Crippen LogP contribution < -0.4 is 0 Å². The van der Waals surface area contributed by atoms with Crippen molar-refractivity contribution in [2.45, 2.75) is 36.6 Å². The second-order valence-electron chi connectivity index (χ2n) is 8.27. The van der Waals surface area contributed by atoms with Gasteiger partial charge in [-0.3, -0.25) is 4.79 Å². The second-order valence-corrected chi connectivity index (χ2v) is 11.4. The summed E-state index contributed by atoms with van der Waals surface area (Å²) in [6.07, 6.45) is 2.43. The lowest BCUT2D eigenvalue weighted by Crippen LogP contribution is -2.43. The topological polar surface area (TPSA) is 80.5 Å². The van der Waals surface area contributed by atoms with Crippen LogP contribution in [-0.2, 0) is 14.6 Å². The highest BCUT2D eigenvalue weighted by Crippen LogP contribution is 2.37. The number of nitrogens with zero attached hydrogens (tertiary/aromatic N) is 2. The molecule has 3 aromatic rings. The van der Waals surface area contributed by atoms with Crippen molar-refractivity contribution in [3.63, 3.8) is 0 Å². The summed E-state index contributed by atoms with van der Waals surface area (Å²) in [7, 11) is -3.04. The highest BCUT2D eigenvalue weighted by Gasteiger charge is 2.42. The van der Waals surface area contributed by atoms with E-state index in [1.54, 1.807) is 0 Å². The van der Waals surface area contributed by atoms with E-state index in [2.05, 4.69) is 0 Å². The Kier molecular flexibility index (Phi) is 5.82. The van der Waals surface area contributed by atoms with Gasteiger partial charge in [-0.2, -0.15) is 0 Å². The minimum atomic E-state index is -3.04. The zero-order chi connectivity index (χ0) is 22.1. The van der Waals surface area contributed by atoms with Crippen LogP contribution in [0.4, 0.5) is 0 Å². The molecule has 1 amide bonds. The molecule has 2 aliphatic rings. The number of rotatable bonds is 7. The van der Waals surface area contributed by atoms with E-state index in [1.165, 1.54) is 11.8 Å². The molecule has 8 heteroatoms. The number of carbonyl (C=O) groups is 1. The summed E-state index contributed by atoms with van der Waals surface area (Å²) >= 11 is 1.27. The van der Waals surface area contributed by atoms with Crippen LogP contribution in [0.2, 0.25) is 0 Å². The molecule has 32 heavy (non-hydrogen) atoms. The second kappa shape index (κ2) is 8.75. The molecule has 1 aromatic heterocycles. The average Bonchev–Trinajstić information content (AvgIpc) is 3.43. The standard InChI is InChI=1S/C24H24N2O4S2/c27-21(26(19-11-12-19)20-13-14-32(28,29)16-20)15-31-24-25-22(17-7-3-1-4-8-17)23(30-24)18-9-5-2-6-10-18/h1-10,19-20H,11-16H2. The Hall–Kier alpha value is -2.58. The number of hydrogen-bond donors (Lipinski definition) is 0. The largest absolute Gasteiger partial charge is 0.431 e. The van der Waals surface area contributed by atoms with Crippen LogP contribution in [0, 0.1) is 0 Å². The molecule has 1 aliphatic carbocycles. The summed E-state index contributed by atoms with van der Waals surface area (Å²) < 4.78 is 30.0. The molecule has 5 rings (SSSR count). The number of thioether (sulfide) groups is 1. The van der Waals surface area contributed by atoms with Crippen molar-refractivity contribution >= 4 is 27.5 Å². The summed E-state index contributed by atoms with van der Waals surface area (Å²) in [5, 5.41) is 0.436. The average molecular weight is 469 g/mol. The third-order valence-corrected chi connectivity index (χ3v) is 8.40. The van der Waals surface area contributed by atoms with Gasteiger partial charge in [0.2, 0.25) is 5.91 Å². The van der Waals surface area contributed by atoms with Gasteiger partial charge in [0.15, 0.2) is 15.6 Å². The molecule has 1 atom stereocenters. The number of hydrogen-bond acceptors (Lipinski definition) is 6. The van der Waals surface area contributed by atoms with E-state index in [1.807, 2.05) is 65.6 Å². The molecule has 2 aromatic carbocycles. The van der Waals surface area contributed by atoms with Gasteiger partial charge in [0, 0.05) is 23.2 Å². The van der Waals surface area contributed by atoms with Gasteiger partial charge in [-0.05, 0) is 19.3 Å². The van der Waals surface area contributed by atoms with Crippen LogP contribution in [0.25, 0.3) is 22.6 Å². The predicted molar refractivity (Wildman–Crippen MR) is 125 cm³/mol. The van der Waals surface area contributed by atoms with E-state index in [-0.39, 0.29) is 35.2 Å². The Labute approximate surface area is 192 Å². The van der Waals surface area contributed by atoms with E-state index in [0.717, 1.165) is 29.7 Å². The van der Waals surface area contributed by atoms with Crippen LogP contribution >= 0.6 is 11.8 Å². The normalized spacial score (nSPS) is 19.7. The molecule has 1 aliphatic heterocycles. The molecule has 0 radical (unpaired) electrons. The Morgan fingerprint density at radius 1 is 0.969 bits per heavy atom. The number of oxazole rings is 1. The minimum Gasteiger partial charge on any atom is -0.431 e. The van der Waals surface area contributed by atoms with Crippen molar-refractivity contribution < 1.29 is 17.6 Å². The molecular formula is C24H24N2O4S2. The fourth-order valence-electron chi connectivity index (χ4n) is 4.19. The molecule has 2 fully saturated rings. The van der Waals surface area contributed by atoms with Crippen LogP contribution in [-0.4, -0.2) is 53.6 Å². The SMILES string of the molecule is O=C(CSc1nc(-c2ccccc2)c(-c2ccccc2)o1)N(C1CC1)C1CCS(=O)(=O)C1. The highest BCUT2D eigenvalue weighted by molar-refractivity contribution is 7.99. The predicted octanol–water partition coefficient (Wildman–Crippen LogP) is 4.28. The van der Waals surface area contributed by atoms with Crippen molar-refractivity contribution in [2.24, 2.45) is 0 Å². The Bertz CT molecular complexity index is 1150. The van der Waals surface area contributed by atoms with E-state index in [0.29, 0.717) is 17.4 Å². The van der Waals surface area contributed by atoms with Gasteiger partial charge in [0.05, 0.1) is 17.3 Å². The quantitative estimate of drug-likeness (QED) is 0.482. The first-order valence-electron chi connectivity index (χ1n) is 10.8. The first kappa shape index (κ1) is 21.3. The van der Waals surface area contributed by atoms with Gasteiger partial charge in [0.25, 0.3) is 5.22 Å². The molecule has 2 heterocycles. The number of aromatic nitrogens is 1. The van der Waals surface area contributed by atoms with Crippen LogP contribution in [0.15, 0.2) is 70.3 Å². The first-order chi connectivity index (χ1) is 15.5. The lowest BCUT2D eigenvalue weighted by molar-refractivity contribution is -0.130. The fourth-order valence-corrected chi connectivity index (χ4v) is 6.60. The van der Waals surface area contributed by atoms with Crippen molar-refractivity contribution in [1.82, 2.24) is 9.88 Å². The number of carbonyl (C=O) groups excluding carboxylic acids is 1. The maximum atomic E-state index is 13.1. The Morgan fingerprint density at radius 2 is 1.62 bits per heavy atom. The van der Waals surface area contributed by atoms with Gasteiger partial charge in [-0.15, -0.1) is 0 Å². The van der Waals surface area contributed by atoms with Crippen molar-refractivity contribution in [3.8, 4) is 22.6 Å². The fraction of sp³-hybridized carbons (Fsp3) is 0.333. The minimum absolute atomic E-state index is 0.0414. The molecule has 0 bridgehead atoms.